The number of carbonyl (C=O) groups is 2. The molecule has 0 saturated carbocycles. The molecule has 0 fully saturated rings. The van der Waals surface area contributed by atoms with Crippen molar-refractivity contribution in [2.75, 3.05) is 5.32 Å². The lowest BCUT2D eigenvalue weighted by atomic mass is 10.1. The van der Waals surface area contributed by atoms with Crippen LogP contribution in [-0.4, -0.2) is 21.6 Å². The van der Waals surface area contributed by atoms with Crippen molar-refractivity contribution in [3.05, 3.63) is 45.7 Å². The zero-order chi connectivity index (χ0) is 19.3. The average Bonchev–Trinajstić information content (AvgIpc) is 2.89. The van der Waals surface area contributed by atoms with E-state index in [-0.39, 0.29) is 24.7 Å². The van der Waals surface area contributed by atoms with E-state index in [1.807, 2.05) is 20.8 Å². The fraction of sp³-hybridized carbons (Fsp3) is 0.450. The van der Waals surface area contributed by atoms with Crippen molar-refractivity contribution >= 4 is 29.1 Å². The minimum Gasteiger partial charge on any atom is -0.326 e. The minimum atomic E-state index is -0.212. The van der Waals surface area contributed by atoms with Crippen LogP contribution in [-0.2, 0) is 11.2 Å². The van der Waals surface area contributed by atoms with Crippen LogP contribution in [0.3, 0.4) is 0 Å². The van der Waals surface area contributed by atoms with Gasteiger partial charge in [-0.05, 0) is 56.9 Å². The van der Waals surface area contributed by atoms with Crippen molar-refractivity contribution in [1.82, 2.24) is 9.78 Å². The third-order valence-corrected chi connectivity index (χ3v) is 4.97. The van der Waals surface area contributed by atoms with Gasteiger partial charge < -0.3 is 5.32 Å². The van der Waals surface area contributed by atoms with Gasteiger partial charge in [0.2, 0.25) is 11.8 Å². The molecule has 0 radical (unpaired) electrons. The van der Waals surface area contributed by atoms with Gasteiger partial charge in [-0.15, -0.1) is 0 Å². The maximum Gasteiger partial charge on any atom is 0.247 e. The first-order chi connectivity index (χ1) is 12.3. The Morgan fingerprint density at radius 1 is 1.19 bits per heavy atom. The highest BCUT2D eigenvalue weighted by Gasteiger charge is 2.17. The number of amides is 1. The molecule has 0 unspecified atom stereocenters. The number of aromatic nitrogens is 2. The number of rotatable bonds is 7. The molecule has 26 heavy (non-hydrogen) atoms. The smallest absolute Gasteiger partial charge is 0.247 e. The first-order valence-corrected chi connectivity index (χ1v) is 9.36. The number of anilines is 1. The second-order valence-electron chi connectivity index (χ2n) is 6.52. The first kappa shape index (κ1) is 20.2. The van der Waals surface area contributed by atoms with Gasteiger partial charge in [0.25, 0.3) is 0 Å². The van der Waals surface area contributed by atoms with Crippen LogP contribution in [0, 0.1) is 20.8 Å². The molecule has 0 spiro atoms. The second kappa shape index (κ2) is 8.99. The molecule has 0 bridgehead atoms. The Morgan fingerprint density at radius 3 is 2.62 bits per heavy atom. The standard InChI is InChI=1S/C20H26ClN3O2/c1-5-6-8-16-14(3)23-24(15(16)4)20(26)12-11-19(25)22-18-10-7-9-17(21)13(18)2/h7,9-10H,5-6,8,11-12H2,1-4H3,(H,22,25). The van der Waals surface area contributed by atoms with E-state index in [1.54, 1.807) is 18.2 Å². The normalized spacial score (nSPS) is 10.8. The summed E-state index contributed by atoms with van der Waals surface area (Å²) in [6.45, 7) is 7.83. The van der Waals surface area contributed by atoms with Crippen LogP contribution in [0.15, 0.2) is 18.2 Å². The lowest BCUT2D eigenvalue weighted by molar-refractivity contribution is -0.116. The first-order valence-electron chi connectivity index (χ1n) is 8.98. The quantitative estimate of drug-likeness (QED) is 0.751. The van der Waals surface area contributed by atoms with E-state index in [2.05, 4.69) is 17.3 Å². The minimum absolute atomic E-state index is 0.105. The Morgan fingerprint density at radius 2 is 1.92 bits per heavy atom. The lowest BCUT2D eigenvalue weighted by Crippen LogP contribution is -2.19. The highest BCUT2D eigenvalue weighted by atomic mass is 35.5. The van der Waals surface area contributed by atoms with Crippen molar-refractivity contribution in [2.45, 2.75) is 59.8 Å². The van der Waals surface area contributed by atoms with Gasteiger partial charge in [-0.1, -0.05) is 31.0 Å². The molecular weight excluding hydrogens is 350 g/mol. The fourth-order valence-electron chi connectivity index (χ4n) is 2.92. The Bertz CT molecular complexity index is 812. The van der Waals surface area contributed by atoms with Crippen LogP contribution in [0.5, 0.6) is 0 Å². The van der Waals surface area contributed by atoms with Gasteiger partial charge in [0.05, 0.1) is 5.69 Å². The maximum atomic E-state index is 12.5. The Hall–Kier alpha value is -2.14. The monoisotopic (exact) mass is 375 g/mol. The number of nitrogens with one attached hydrogen (secondary N) is 1. The van der Waals surface area contributed by atoms with Gasteiger partial charge in [0.1, 0.15) is 0 Å². The van der Waals surface area contributed by atoms with Gasteiger partial charge in [-0.25, -0.2) is 4.68 Å². The summed E-state index contributed by atoms with van der Waals surface area (Å²) >= 11 is 6.06. The van der Waals surface area contributed by atoms with E-state index in [0.717, 1.165) is 41.8 Å². The van der Waals surface area contributed by atoms with Crippen LogP contribution in [0.2, 0.25) is 5.02 Å². The molecule has 2 aromatic rings. The van der Waals surface area contributed by atoms with Crippen LogP contribution in [0.25, 0.3) is 0 Å². The predicted molar refractivity (Wildman–Crippen MR) is 105 cm³/mol. The molecule has 140 valence electrons. The number of unbranched alkanes of at least 4 members (excludes halogenated alkanes) is 1. The molecule has 5 nitrogen and oxygen atoms in total. The molecule has 0 atom stereocenters. The van der Waals surface area contributed by atoms with Gasteiger partial charge in [-0.2, -0.15) is 5.10 Å². The summed E-state index contributed by atoms with van der Waals surface area (Å²) < 4.78 is 1.44. The molecule has 6 heteroatoms. The largest absolute Gasteiger partial charge is 0.326 e. The number of aryl methyl sites for hydroxylation is 1. The molecule has 0 aliphatic rings. The van der Waals surface area contributed by atoms with E-state index in [1.165, 1.54) is 4.68 Å². The number of hydrogen-bond acceptors (Lipinski definition) is 3. The summed E-state index contributed by atoms with van der Waals surface area (Å²) in [6, 6.07) is 5.35. The van der Waals surface area contributed by atoms with Crippen molar-refractivity contribution in [1.29, 1.82) is 0 Å². The molecule has 0 saturated heterocycles. The zero-order valence-electron chi connectivity index (χ0n) is 15.9. The molecule has 1 amide bonds. The third-order valence-electron chi connectivity index (χ3n) is 4.57. The Kier molecular flexibility index (Phi) is 6.98. The maximum absolute atomic E-state index is 12.5. The van der Waals surface area contributed by atoms with Crippen molar-refractivity contribution in [2.24, 2.45) is 0 Å². The summed E-state index contributed by atoms with van der Waals surface area (Å²) in [5.41, 5.74) is 4.39. The van der Waals surface area contributed by atoms with Crippen molar-refractivity contribution in [3.8, 4) is 0 Å². The van der Waals surface area contributed by atoms with Gasteiger partial charge in [-0.3, -0.25) is 9.59 Å². The SMILES string of the molecule is CCCCc1c(C)nn(C(=O)CCC(=O)Nc2cccc(Cl)c2C)c1C. The summed E-state index contributed by atoms with van der Waals surface area (Å²) in [7, 11) is 0. The summed E-state index contributed by atoms with van der Waals surface area (Å²) in [6.07, 6.45) is 3.31. The van der Waals surface area contributed by atoms with Crippen LogP contribution in [0.1, 0.15) is 59.9 Å². The van der Waals surface area contributed by atoms with E-state index in [9.17, 15) is 9.59 Å². The highest BCUT2D eigenvalue weighted by Crippen LogP contribution is 2.23. The van der Waals surface area contributed by atoms with E-state index in [0.29, 0.717) is 10.7 Å². The van der Waals surface area contributed by atoms with Crippen LogP contribution < -0.4 is 5.32 Å². The number of nitrogens with zero attached hydrogens (tertiary/aromatic N) is 2. The Balaban J connectivity index is 1.98. The van der Waals surface area contributed by atoms with E-state index in [4.69, 9.17) is 11.6 Å². The molecule has 1 aromatic heterocycles. The summed E-state index contributed by atoms with van der Waals surface area (Å²) in [4.78, 5) is 24.7. The molecule has 0 aliphatic carbocycles. The lowest BCUT2D eigenvalue weighted by Gasteiger charge is -2.09. The molecule has 1 N–H and O–H groups in total. The molecule has 2 rings (SSSR count). The molecule has 0 aliphatic heterocycles. The van der Waals surface area contributed by atoms with Crippen LogP contribution >= 0.6 is 11.6 Å². The summed E-state index contributed by atoms with van der Waals surface area (Å²) in [5.74, 6) is -0.372. The highest BCUT2D eigenvalue weighted by molar-refractivity contribution is 6.31. The number of benzene rings is 1. The molecular formula is C20H26ClN3O2. The van der Waals surface area contributed by atoms with Crippen molar-refractivity contribution < 1.29 is 9.59 Å². The predicted octanol–water partition coefficient (Wildman–Crippen LogP) is 4.86. The van der Waals surface area contributed by atoms with E-state index >= 15 is 0 Å². The van der Waals surface area contributed by atoms with Gasteiger partial charge >= 0.3 is 0 Å². The number of halogens is 1. The zero-order valence-corrected chi connectivity index (χ0v) is 16.6. The average molecular weight is 376 g/mol. The molecule has 1 heterocycles. The second-order valence-corrected chi connectivity index (χ2v) is 6.93. The van der Waals surface area contributed by atoms with Gasteiger partial charge in [0.15, 0.2) is 0 Å². The molecule has 1 aromatic carbocycles. The van der Waals surface area contributed by atoms with Crippen molar-refractivity contribution in [3.63, 3.8) is 0 Å². The van der Waals surface area contributed by atoms with Crippen LogP contribution in [0.4, 0.5) is 5.69 Å². The summed E-state index contributed by atoms with van der Waals surface area (Å²) in [5, 5.41) is 7.78. The Labute approximate surface area is 159 Å². The third kappa shape index (κ3) is 4.73. The topological polar surface area (TPSA) is 64.0 Å². The van der Waals surface area contributed by atoms with E-state index < -0.39 is 0 Å². The fourth-order valence-corrected chi connectivity index (χ4v) is 3.09. The number of hydrogen-bond donors (Lipinski definition) is 1. The van der Waals surface area contributed by atoms with Gasteiger partial charge in [0, 0.05) is 29.2 Å². The number of carbonyl (C=O) groups excluding carboxylic acids is 2.